The Labute approximate surface area is 122 Å². The smallest absolute Gasteiger partial charge is 0.253 e. The summed E-state index contributed by atoms with van der Waals surface area (Å²) in [4.78, 5) is 14.4. The molecule has 0 aliphatic carbocycles. The van der Waals surface area contributed by atoms with Gasteiger partial charge in [-0.15, -0.1) is 5.10 Å². The van der Waals surface area contributed by atoms with Crippen LogP contribution in [0.3, 0.4) is 0 Å². The summed E-state index contributed by atoms with van der Waals surface area (Å²) in [5.41, 5.74) is 1.71. The maximum atomic E-state index is 12.6. The lowest BCUT2D eigenvalue weighted by Gasteiger charge is -2.41. The third-order valence-corrected chi connectivity index (χ3v) is 4.24. The molecule has 6 heteroatoms. The van der Waals surface area contributed by atoms with Crippen LogP contribution in [-0.4, -0.2) is 45.0 Å². The molecular formula is C15H16N4O2. The van der Waals surface area contributed by atoms with E-state index in [1.165, 1.54) is 0 Å². The predicted molar refractivity (Wildman–Crippen MR) is 74.6 cm³/mol. The Bertz CT molecular complexity index is 655. The summed E-state index contributed by atoms with van der Waals surface area (Å²) >= 11 is 0. The molecule has 0 N–H and O–H groups in total. The van der Waals surface area contributed by atoms with Crippen LogP contribution in [0, 0.1) is 0 Å². The molecule has 4 rings (SSSR count). The van der Waals surface area contributed by atoms with Crippen molar-refractivity contribution in [3.05, 3.63) is 47.8 Å². The van der Waals surface area contributed by atoms with Crippen molar-refractivity contribution in [2.75, 3.05) is 13.1 Å². The van der Waals surface area contributed by atoms with Crippen LogP contribution in [0.2, 0.25) is 0 Å². The minimum atomic E-state index is 0.0673. The number of likely N-dealkylation sites (tertiary alicyclic amines) is 1. The van der Waals surface area contributed by atoms with E-state index >= 15 is 0 Å². The van der Waals surface area contributed by atoms with Crippen LogP contribution < -0.4 is 0 Å². The van der Waals surface area contributed by atoms with Crippen LogP contribution in [-0.2, 0) is 11.3 Å². The van der Waals surface area contributed by atoms with Crippen molar-refractivity contribution >= 4 is 5.91 Å². The van der Waals surface area contributed by atoms with Gasteiger partial charge in [0.15, 0.2) is 0 Å². The van der Waals surface area contributed by atoms with Crippen LogP contribution in [0.4, 0.5) is 0 Å². The van der Waals surface area contributed by atoms with Gasteiger partial charge in [0.1, 0.15) is 0 Å². The molecule has 2 aliphatic rings. The number of ether oxygens (including phenoxy) is 1. The lowest BCUT2D eigenvalue weighted by atomic mass is 9.99. The van der Waals surface area contributed by atoms with E-state index in [0.29, 0.717) is 13.2 Å². The largest absolute Gasteiger partial charge is 0.370 e. The Balaban J connectivity index is 1.58. The molecule has 2 atom stereocenters. The number of benzene rings is 1. The van der Waals surface area contributed by atoms with Gasteiger partial charge in [0.2, 0.25) is 0 Å². The number of carbonyl (C=O) groups is 1. The second-order valence-electron chi connectivity index (χ2n) is 5.49. The fourth-order valence-corrected chi connectivity index (χ4v) is 3.13. The van der Waals surface area contributed by atoms with Crippen LogP contribution in [0.5, 0.6) is 0 Å². The highest BCUT2D eigenvalue weighted by Gasteiger charge is 2.37. The molecule has 0 radical (unpaired) electrons. The summed E-state index contributed by atoms with van der Waals surface area (Å²) in [5.74, 6) is 0.0706. The molecule has 1 fully saturated rings. The van der Waals surface area contributed by atoms with E-state index in [1.54, 1.807) is 6.20 Å². The van der Waals surface area contributed by atoms with Crippen molar-refractivity contribution < 1.29 is 9.53 Å². The fraction of sp³-hybridized carbons (Fsp3) is 0.400. The Morgan fingerprint density at radius 3 is 3.00 bits per heavy atom. The number of amides is 1. The van der Waals surface area contributed by atoms with Crippen LogP contribution in [0.1, 0.15) is 28.5 Å². The van der Waals surface area contributed by atoms with E-state index in [2.05, 4.69) is 10.3 Å². The van der Waals surface area contributed by atoms with Gasteiger partial charge in [-0.05, 0) is 18.6 Å². The van der Waals surface area contributed by atoms with Crippen LogP contribution in [0.15, 0.2) is 36.5 Å². The Morgan fingerprint density at radius 1 is 1.29 bits per heavy atom. The molecule has 2 aromatic rings. The zero-order valence-corrected chi connectivity index (χ0v) is 11.6. The minimum absolute atomic E-state index is 0.0673. The van der Waals surface area contributed by atoms with Gasteiger partial charge in [0.25, 0.3) is 5.91 Å². The highest BCUT2D eigenvalue weighted by atomic mass is 16.5. The second kappa shape index (κ2) is 4.96. The summed E-state index contributed by atoms with van der Waals surface area (Å²) in [5, 5.41) is 8.11. The molecule has 1 saturated heterocycles. The first-order chi connectivity index (χ1) is 10.3. The molecule has 0 unspecified atom stereocenters. The van der Waals surface area contributed by atoms with Gasteiger partial charge in [-0.25, -0.2) is 4.68 Å². The maximum absolute atomic E-state index is 12.6. The molecule has 1 aromatic heterocycles. The van der Waals surface area contributed by atoms with Gasteiger partial charge in [0, 0.05) is 18.7 Å². The van der Waals surface area contributed by atoms with Gasteiger partial charge < -0.3 is 9.64 Å². The maximum Gasteiger partial charge on any atom is 0.253 e. The summed E-state index contributed by atoms with van der Waals surface area (Å²) in [6.45, 7) is 1.90. The second-order valence-corrected chi connectivity index (χ2v) is 5.49. The molecule has 3 heterocycles. The van der Waals surface area contributed by atoms with Crippen molar-refractivity contribution in [2.24, 2.45) is 0 Å². The molecule has 6 nitrogen and oxygen atoms in total. The van der Waals surface area contributed by atoms with E-state index in [4.69, 9.17) is 4.74 Å². The van der Waals surface area contributed by atoms with E-state index < -0.39 is 0 Å². The zero-order chi connectivity index (χ0) is 14.2. The van der Waals surface area contributed by atoms with Crippen LogP contribution >= 0.6 is 0 Å². The number of nitrogens with zero attached hydrogens (tertiary/aromatic N) is 4. The van der Waals surface area contributed by atoms with E-state index in [-0.39, 0.29) is 18.1 Å². The third-order valence-electron chi connectivity index (χ3n) is 4.24. The highest BCUT2D eigenvalue weighted by molar-refractivity contribution is 5.94. The number of fused-ring (bicyclic) bond motifs is 3. The monoisotopic (exact) mass is 284 g/mol. The molecule has 21 heavy (non-hydrogen) atoms. The number of hydrogen-bond acceptors (Lipinski definition) is 4. The lowest BCUT2D eigenvalue weighted by Crippen LogP contribution is -2.49. The Kier molecular flexibility index (Phi) is 2.96. The summed E-state index contributed by atoms with van der Waals surface area (Å²) in [6, 6.07) is 9.47. The molecule has 0 bridgehead atoms. The summed E-state index contributed by atoms with van der Waals surface area (Å²) in [7, 11) is 0. The number of aromatic nitrogens is 3. The fourth-order valence-electron chi connectivity index (χ4n) is 3.13. The third kappa shape index (κ3) is 2.12. The average Bonchev–Trinajstić information content (AvgIpc) is 3.03. The highest BCUT2D eigenvalue weighted by Crippen LogP contribution is 2.30. The Morgan fingerprint density at radius 2 is 2.14 bits per heavy atom. The first kappa shape index (κ1) is 12.5. The van der Waals surface area contributed by atoms with E-state index in [9.17, 15) is 4.79 Å². The van der Waals surface area contributed by atoms with Crippen molar-refractivity contribution in [2.45, 2.75) is 25.2 Å². The predicted octanol–water partition coefficient (Wildman–Crippen LogP) is 1.26. The molecule has 0 saturated carbocycles. The number of rotatable bonds is 1. The quantitative estimate of drug-likeness (QED) is 0.791. The van der Waals surface area contributed by atoms with Crippen molar-refractivity contribution in [3.8, 4) is 0 Å². The molecular weight excluding hydrogens is 268 g/mol. The number of carbonyl (C=O) groups excluding carboxylic acids is 1. The first-order valence-electron chi connectivity index (χ1n) is 7.18. The average molecular weight is 284 g/mol. The SMILES string of the molecule is O=C(c1ccccc1)N1CC[C@@H]2OCc3cnnn3[C@@H]2C1. The van der Waals surface area contributed by atoms with Gasteiger partial charge in [-0.3, -0.25) is 4.79 Å². The Hall–Kier alpha value is -2.21. The molecule has 108 valence electrons. The minimum Gasteiger partial charge on any atom is -0.370 e. The zero-order valence-electron chi connectivity index (χ0n) is 11.6. The van der Waals surface area contributed by atoms with Gasteiger partial charge >= 0.3 is 0 Å². The van der Waals surface area contributed by atoms with E-state index in [1.807, 2.05) is 39.9 Å². The standard InChI is InChI=1S/C15H16N4O2/c20-15(11-4-2-1-3-5-11)18-7-6-14-13(9-18)19-12(10-21-14)8-16-17-19/h1-5,8,13-14H,6-7,9-10H2/t13-,14+/m1/s1. The van der Waals surface area contributed by atoms with Crippen molar-refractivity contribution in [1.82, 2.24) is 19.9 Å². The van der Waals surface area contributed by atoms with Crippen molar-refractivity contribution in [3.63, 3.8) is 0 Å². The molecule has 1 aromatic carbocycles. The molecule has 1 amide bonds. The topological polar surface area (TPSA) is 60.3 Å². The number of hydrogen-bond donors (Lipinski definition) is 0. The molecule has 0 spiro atoms. The van der Waals surface area contributed by atoms with Gasteiger partial charge in [-0.2, -0.15) is 0 Å². The van der Waals surface area contributed by atoms with E-state index in [0.717, 1.165) is 24.2 Å². The van der Waals surface area contributed by atoms with Gasteiger partial charge in [-0.1, -0.05) is 23.4 Å². The molecule has 2 aliphatic heterocycles. The summed E-state index contributed by atoms with van der Waals surface area (Å²) in [6.07, 6.45) is 2.69. The normalized spacial score (nSPS) is 24.3. The summed E-state index contributed by atoms with van der Waals surface area (Å²) < 4.78 is 7.78. The lowest BCUT2D eigenvalue weighted by molar-refractivity contribution is -0.0605. The first-order valence-corrected chi connectivity index (χ1v) is 7.18. The van der Waals surface area contributed by atoms with Crippen LogP contribution in [0.25, 0.3) is 0 Å². The van der Waals surface area contributed by atoms with Crippen molar-refractivity contribution in [1.29, 1.82) is 0 Å². The van der Waals surface area contributed by atoms with Gasteiger partial charge in [0.05, 0.1) is 30.6 Å². The number of piperidine rings is 1.